The molecule has 0 atom stereocenters. The van der Waals surface area contributed by atoms with Crippen molar-refractivity contribution < 1.29 is 14.6 Å². The fourth-order valence-electron chi connectivity index (χ4n) is 2.45. The van der Waals surface area contributed by atoms with Gasteiger partial charge in [0.15, 0.2) is 17.2 Å². The van der Waals surface area contributed by atoms with E-state index in [1.165, 1.54) is 25.4 Å². The molecular formula is C17H15N3O4. The molecule has 0 spiro atoms. The standard InChI is InChI=1S/C17H15N3O4/c1-24-13-6-7-18-15(16(13)22)17(23)19-9-10-8-14(21)20-12-5-3-2-4-11(10)12/h2-8,22H,9H2,1H3,(H,19,23)(H,20,21). The number of fused-ring (bicyclic) bond motifs is 1. The lowest BCUT2D eigenvalue weighted by molar-refractivity contribution is 0.0942. The Labute approximate surface area is 136 Å². The van der Waals surface area contributed by atoms with Crippen LogP contribution in [0.15, 0.2) is 47.4 Å². The van der Waals surface area contributed by atoms with Gasteiger partial charge in [-0.15, -0.1) is 0 Å². The number of nitrogens with one attached hydrogen (secondary N) is 2. The van der Waals surface area contributed by atoms with Gasteiger partial charge in [0, 0.05) is 35.8 Å². The third-order valence-electron chi connectivity index (χ3n) is 3.60. The molecule has 3 N–H and O–H groups in total. The minimum absolute atomic E-state index is 0.127. The van der Waals surface area contributed by atoms with Crippen molar-refractivity contribution in [3.05, 3.63) is 64.2 Å². The van der Waals surface area contributed by atoms with E-state index in [2.05, 4.69) is 15.3 Å². The smallest absolute Gasteiger partial charge is 0.274 e. The molecule has 24 heavy (non-hydrogen) atoms. The van der Waals surface area contributed by atoms with Gasteiger partial charge in [0.05, 0.1) is 7.11 Å². The molecule has 0 saturated heterocycles. The molecule has 1 amide bonds. The number of nitrogens with zero attached hydrogens (tertiary/aromatic N) is 1. The van der Waals surface area contributed by atoms with Crippen molar-refractivity contribution in [2.45, 2.75) is 6.54 Å². The third-order valence-corrected chi connectivity index (χ3v) is 3.60. The number of amides is 1. The highest BCUT2D eigenvalue weighted by atomic mass is 16.5. The summed E-state index contributed by atoms with van der Waals surface area (Å²) in [5, 5.41) is 13.5. The maximum absolute atomic E-state index is 12.3. The number of methoxy groups -OCH3 is 1. The predicted octanol–water partition coefficient (Wildman–Crippen LogP) is 1.57. The Hall–Kier alpha value is -3.35. The zero-order chi connectivity index (χ0) is 17.1. The van der Waals surface area contributed by atoms with Crippen molar-refractivity contribution >= 4 is 16.8 Å². The predicted molar refractivity (Wildman–Crippen MR) is 88.2 cm³/mol. The van der Waals surface area contributed by atoms with Gasteiger partial charge in [-0.2, -0.15) is 0 Å². The lowest BCUT2D eigenvalue weighted by Crippen LogP contribution is -2.25. The minimum Gasteiger partial charge on any atom is -0.503 e. The lowest BCUT2D eigenvalue weighted by atomic mass is 10.1. The number of ether oxygens (including phenoxy) is 1. The van der Waals surface area contributed by atoms with Crippen LogP contribution in [-0.2, 0) is 6.54 Å². The summed E-state index contributed by atoms with van der Waals surface area (Å²) >= 11 is 0. The molecule has 2 aromatic heterocycles. The first-order chi connectivity index (χ1) is 11.6. The number of hydrogen-bond acceptors (Lipinski definition) is 5. The number of aromatic nitrogens is 2. The van der Waals surface area contributed by atoms with Crippen LogP contribution in [0, 0.1) is 0 Å². The van der Waals surface area contributed by atoms with Crippen LogP contribution in [0.5, 0.6) is 11.5 Å². The maximum atomic E-state index is 12.3. The lowest BCUT2D eigenvalue weighted by Gasteiger charge is -2.10. The second-order valence-electron chi connectivity index (χ2n) is 5.10. The van der Waals surface area contributed by atoms with Crippen LogP contribution in [0.3, 0.4) is 0 Å². The molecule has 0 radical (unpaired) electrons. The normalized spacial score (nSPS) is 10.5. The van der Waals surface area contributed by atoms with E-state index in [-0.39, 0.29) is 29.3 Å². The second-order valence-corrected chi connectivity index (χ2v) is 5.10. The highest BCUT2D eigenvalue weighted by molar-refractivity contribution is 5.95. The topological polar surface area (TPSA) is 104 Å². The Morgan fingerprint density at radius 2 is 2.12 bits per heavy atom. The Morgan fingerprint density at radius 3 is 2.92 bits per heavy atom. The molecule has 0 saturated carbocycles. The summed E-state index contributed by atoms with van der Waals surface area (Å²) in [6.07, 6.45) is 1.37. The number of para-hydroxylation sites is 1. The molecular weight excluding hydrogens is 310 g/mol. The molecule has 0 bridgehead atoms. The molecule has 1 aromatic carbocycles. The van der Waals surface area contributed by atoms with Gasteiger partial charge in [-0.1, -0.05) is 18.2 Å². The van der Waals surface area contributed by atoms with Crippen molar-refractivity contribution in [2.24, 2.45) is 0 Å². The highest BCUT2D eigenvalue weighted by Gasteiger charge is 2.16. The number of aromatic hydroxyl groups is 1. The first-order valence-electron chi connectivity index (χ1n) is 7.21. The summed E-state index contributed by atoms with van der Waals surface area (Å²) in [5.74, 6) is -0.721. The number of carbonyl (C=O) groups excluding carboxylic acids is 1. The molecule has 122 valence electrons. The van der Waals surface area contributed by atoms with E-state index in [4.69, 9.17) is 4.74 Å². The summed E-state index contributed by atoms with van der Waals surface area (Å²) in [7, 11) is 1.39. The van der Waals surface area contributed by atoms with Gasteiger partial charge >= 0.3 is 0 Å². The van der Waals surface area contributed by atoms with Gasteiger partial charge < -0.3 is 20.1 Å². The van der Waals surface area contributed by atoms with Crippen molar-refractivity contribution in [1.82, 2.24) is 15.3 Å². The van der Waals surface area contributed by atoms with Crippen LogP contribution < -0.4 is 15.6 Å². The Bertz CT molecular complexity index is 965. The zero-order valence-corrected chi connectivity index (χ0v) is 12.9. The van der Waals surface area contributed by atoms with Gasteiger partial charge in [0.25, 0.3) is 5.91 Å². The minimum atomic E-state index is -0.559. The molecule has 0 fully saturated rings. The first-order valence-corrected chi connectivity index (χ1v) is 7.21. The van der Waals surface area contributed by atoms with Crippen molar-refractivity contribution in [2.75, 3.05) is 7.11 Å². The van der Waals surface area contributed by atoms with E-state index in [1.54, 1.807) is 6.07 Å². The zero-order valence-electron chi connectivity index (χ0n) is 12.9. The van der Waals surface area contributed by atoms with Crippen LogP contribution in [-0.4, -0.2) is 28.1 Å². The molecule has 0 aliphatic heterocycles. The number of rotatable bonds is 4. The van der Waals surface area contributed by atoms with Crippen LogP contribution in [0.4, 0.5) is 0 Å². The highest BCUT2D eigenvalue weighted by Crippen LogP contribution is 2.27. The summed E-state index contributed by atoms with van der Waals surface area (Å²) < 4.78 is 4.96. The average molecular weight is 325 g/mol. The molecule has 2 heterocycles. The van der Waals surface area contributed by atoms with Gasteiger partial charge in [-0.3, -0.25) is 9.59 Å². The number of benzene rings is 1. The quantitative estimate of drug-likeness (QED) is 0.675. The van der Waals surface area contributed by atoms with E-state index < -0.39 is 5.91 Å². The molecule has 7 nitrogen and oxygen atoms in total. The number of carbonyl (C=O) groups is 1. The summed E-state index contributed by atoms with van der Waals surface area (Å²) in [5.41, 5.74) is 0.977. The van der Waals surface area contributed by atoms with E-state index >= 15 is 0 Å². The van der Waals surface area contributed by atoms with E-state index in [0.29, 0.717) is 11.1 Å². The second kappa shape index (κ2) is 6.41. The van der Waals surface area contributed by atoms with Crippen LogP contribution in [0.2, 0.25) is 0 Å². The molecule has 0 aliphatic rings. The van der Waals surface area contributed by atoms with Crippen molar-refractivity contribution in [3.63, 3.8) is 0 Å². The SMILES string of the molecule is COc1ccnc(C(=O)NCc2cc(=O)[nH]c3ccccc23)c1O. The maximum Gasteiger partial charge on any atom is 0.274 e. The molecule has 7 heteroatoms. The Morgan fingerprint density at radius 1 is 1.33 bits per heavy atom. The van der Waals surface area contributed by atoms with Gasteiger partial charge in [0.2, 0.25) is 5.56 Å². The van der Waals surface area contributed by atoms with E-state index in [9.17, 15) is 14.7 Å². The average Bonchev–Trinajstić information content (AvgIpc) is 2.59. The van der Waals surface area contributed by atoms with Crippen LogP contribution in [0.25, 0.3) is 10.9 Å². The summed E-state index contributed by atoms with van der Waals surface area (Å²) in [6, 6.07) is 10.2. The molecule has 0 aliphatic carbocycles. The van der Waals surface area contributed by atoms with E-state index in [1.807, 2.05) is 18.2 Å². The molecule has 0 unspecified atom stereocenters. The van der Waals surface area contributed by atoms with Crippen molar-refractivity contribution in [3.8, 4) is 11.5 Å². The first kappa shape index (κ1) is 15.5. The van der Waals surface area contributed by atoms with E-state index in [0.717, 1.165) is 5.39 Å². The fourth-order valence-corrected chi connectivity index (χ4v) is 2.45. The molecule has 3 aromatic rings. The van der Waals surface area contributed by atoms with Gasteiger partial charge in [-0.05, 0) is 11.6 Å². The Kier molecular flexibility index (Phi) is 4.15. The van der Waals surface area contributed by atoms with Gasteiger partial charge in [0.1, 0.15) is 0 Å². The van der Waals surface area contributed by atoms with Crippen LogP contribution in [0.1, 0.15) is 16.1 Å². The summed E-state index contributed by atoms with van der Waals surface area (Å²) in [6.45, 7) is 0.127. The fraction of sp³-hybridized carbons (Fsp3) is 0.118. The van der Waals surface area contributed by atoms with Crippen LogP contribution >= 0.6 is 0 Å². The van der Waals surface area contributed by atoms with Gasteiger partial charge in [-0.25, -0.2) is 4.98 Å². The third kappa shape index (κ3) is 2.91. The van der Waals surface area contributed by atoms with Crippen molar-refractivity contribution in [1.29, 1.82) is 0 Å². The number of H-pyrrole nitrogens is 1. The number of hydrogen-bond donors (Lipinski definition) is 3. The molecule has 3 rings (SSSR count). The number of aromatic amines is 1. The summed E-state index contributed by atoms with van der Waals surface area (Å²) in [4.78, 5) is 30.6. The number of pyridine rings is 2. The monoisotopic (exact) mass is 325 g/mol. The largest absolute Gasteiger partial charge is 0.503 e. The Balaban J connectivity index is 1.86.